The lowest BCUT2D eigenvalue weighted by Gasteiger charge is -2.26. The summed E-state index contributed by atoms with van der Waals surface area (Å²) in [7, 11) is -4.12. The Morgan fingerprint density at radius 1 is 0.973 bits per heavy atom. The molecule has 0 heterocycles. The number of esters is 1. The van der Waals surface area contributed by atoms with Gasteiger partial charge in [0.25, 0.3) is 10.0 Å². The number of hydrogen-bond acceptors (Lipinski definition) is 7. The highest BCUT2D eigenvalue weighted by molar-refractivity contribution is 7.98. The van der Waals surface area contributed by atoms with Crippen LogP contribution in [0.25, 0.3) is 0 Å². The van der Waals surface area contributed by atoms with Crippen LogP contribution >= 0.6 is 11.8 Å². The first kappa shape index (κ1) is 28.1. The summed E-state index contributed by atoms with van der Waals surface area (Å²) in [6, 6.07) is 17.9. The fourth-order valence-corrected chi connectivity index (χ4v) is 5.42. The molecule has 0 atom stereocenters. The molecule has 1 amide bonds. The summed E-state index contributed by atoms with van der Waals surface area (Å²) in [6.45, 7) is 5.35. The number of nitrogens with one attached hydrogen (secondary N) is 1. The van der Waals surface area contributed by atoms with Gasteiger partial charge in [0, 0.05) is 10.6 Å². The van der Waals surface area contributed by atoms with Crippen molar-refractivity contribution >= 4 is 45.0 Å². The van der Waals surface area contributed by atoms with Crippen molar-refractivity contribution in [3.63, 3.8) is 0 Å². The van der Waals surface area contributed by atoms with E-state index in [4.69, 9.17) is 9.47 Å². The monoisotopic (exact) mass is 542 g/mol. The average Bonchev–Trinajstić information content (AvgIpc) is 2.89. The molecule has 37 heavy (non-hydrogen) atoms. The summed E-state index contributed by atoms with van der Waals surface area (Å²) >= 11 is 1.50. The molecule has 0 aromatic heterocycles. The van der Waals surface area contributed by atoms with Crippen LogP contribution < -0.4 is 14.4 Å². The summed E-state index contributed by atoms with van der Waals surface area (Å²) in [6.07, 6.45) is 1.90. The Bertz CT molecular complexity index is 1360. The van der Waals surface area contributed by atoms with Crippen LogP contribution in [0.2, 0.25) is 0 Å². The van der Waals surface area contributed by atoms with Crippen molar-refractivity contribution in [2.24, 2.45) is 0 Å². The third kappa shape index (κ3) is 6.84. The lowest BCUT2D eigenvalue weighted by molar-refractivity contribution is -0.114. The number of rotatable bonds is 11. The third-order valence-electron chi connectivity index (χ3n) is 5.38. The van der Waals surface area contributed by atoms with E-state index in [1.165, 1.54) is 23.9 Å². The normalized spacial score (nSPS) is 11.0. The van der Waals surface area contributed by atoms with Crippen molar-refractivity contribution in [3.05, 3.63) is 77.9 Å². The number of carbonyl (C=O) groups is 2. The highest BCUT2D eigenvalue weighted by Crippen LogP contribution is 2.33. The molecule has 0 aliphatic heterocycles. The van der Waals surface area contributed by atoms with Gasteiger partial charge in [-0.1, -0.05) is 12.1 Å². The van der Waals surface area contributed by atoms with Crippen LogP contribution in [0.1, 0.15) is 29.8 Å². The number of nitrogens with zero attached hydrogens (tertiary/aromatic N) is 1. The summed E-state index contributed by atoms with van der Waals surface area (Å²) in [5, 5.41) is 2.76. The van der Waals surface area contributed by atoms with E-state index in [0.29, 0.717) is 29.2 Å². The molecule has 3 aromatic carbocycles. The van der Waals surface area contributed by atoms with Crippen LogP contribution in [-0.4, -0.2) is 46.3 Å². The van der Waals surface area contributed by atoms with Crippen molar-refractivity contribution in [1.82, 2.24) is 0 Å². The average molecular weight is 543 g/mol. The zero-order valence-corrected chi connectivity index (χ0v) is 22.8. The minimum atomic E-state index is -4.12. The molecule has 0 unspecified atom stereocenters. The van der Waals surface area contributed by atoms with E-state index in [-0.39, 0.29) is 17.2 Å². The van der Waals surface area contributed by atoms with Gasteiger partial charge in [-0.3, -0.25) is 9.10 Å². The Hall–Kier alpha value is -3.50. The number of sulfonamides is 1. The molecule has 0 fully saturated rings. The Labute approximate surface area is 222 Å². The first-order chi connectivity index (χ1) is 17.7. The van der Waals surface area contributed by atoms with E-state index in [2.05, 4.69) is 5.32 Å². The fraction of sp³-hybridized carbons (Fsp3) is 0.259. The molecule has 0 spiro atoms. The van der Waals surface area contributed by atoms with Crippen LogP contribution in [0.15, 0.2) is 76.5 Å². The van der Waals surface area contributed by atoms with Gasteiger partial charge in [0.2, 0.25) is 5.91 Å². The number of benzene rings is 3. The summed E-state index contributed by atoms with van der Waals surface area (Å²) in [4.78, 5) is 26.1. The summed E-state index contributed by atoms with van der Waals surface area (Å²) in [5.41, 5.74) is 1.71. The topological polar surface area (TPSA) is 102 Å². The Morgan fingerprint density at radius 3 is 2.30 bits per heavy atom. The third-order valence-corrected chi connectivity index (χ3v) is 7.90. The summed E-state index contributed by atoms with van der Waals surface area (Å²) < 4.78 is 39.3. The largest absolute Gasteiger partial charge is 0.492 e. The second kappa shape index (κ2) is 12.6. The molecule has 0 radical (unpaired) electrons. The molecule has 1 N–H and O–H groups in total. The Kier molecular flexibility index (Phi) is 9.60. The first-order valence-electron chi connectivity index (χ1n) is 11.7. The highest BCUT2D eigenvalue weighted by Gasteiger charge is 2.29. The maximum absolute atomic E-state index is 13.8. The van der Waals surface area contributed by atoms with Gasteiger partial charge in [0.1, 0.15) is 12.3 Å². The molecule has 0 bridgehead atoms. The molecule has 0 aliphatic carbocycles. The number of ether oxygens (including phenoxy) is 2. The second-order valence-electron chi connectivity index (χ2n) is 7.89. The minimum Gasteiger partial charge on any atom is -0.492 e. The van der Waals surface area contributed by atoms with E-state index < -0.39 is 28.4 Å². The maximum Gasteiger partial charge on any atom is 0.338 e. The van der Waals surface area contributed by atoms with Crippen molar-refractivity contribution in [1.29, 1.82) is 0 Å². The van der Waals surface area contributed by atoms with E-state index in [0.717, 1.165) is 9.20 Å². The minimum absolute atomic E-state index is 0.0550. The van der Waals surface area contributed by atoms with Gasteiger partial charge in [-0.25, -0.2) is 13.2 Å². The molecule has 196 valence electrons. The van der Waals surface area contributed by atoms with Crippen LogP contribution in [0.4, 0.5) is 11.4 Å². The molecule has 8 nitrogen and oxygen atoms in total. The number of hydrogen-bond donors (Lipinski definition) is 1. The molecular weight excluding hydrogens is 512 g/mol. The SMILES string of the molecule is CCOC(=O)c1ccc(NC(=O)CN(c2ccccc2OCC)S(=O)(=O)c2ccc(SC)cc2)c(C)c1. The highest BCUT2D eigenvalue weighted by atomic mass is 32.2. The van der Waals surface area contributed by atoms with Gasteiger partial charge >= 0.3 is 5.97 Å². The number of para-hydroxylation sites is 2. The number of amides is 1. The van der Waals surface area contributed by atoms with Gasteiger partial charge in [-0.2, -0.15) is 0 Å². The van der Waals surface area contributed by atoms with Crippen molar-refractivity contribution in [2.45, 2.75) is 30.6 Å². The quantitative estimate of drug-likeness (QED) is 0.265. The summed E-state index contributed by atoms with van der Waals surface area (Å²) in [5.74, 6) is -0.666. The molecule has 3 aromatic rings. The van der Waals surface area contributed by atoms with Crippen LogP contribution in [0.3, 0.4) is 0 Å². The lowest BCUT2D eigenvalue weighted by Crippen LogP contribution is -2.38. The molecule has 3 rings (SSSR count). The van der Waals surface area contributed by atoms with E-state index >= 15 is 0 Å². The lowest BCUT2D eigenvalue weighted by atomic mass is 10.1. The van der Waals surface area contributed by atoms with Crippen LogP contribution in [0, 0.1) is 6.92 Å². The standard InChI is InChI=1S/C27H30N2O6S2/c1-5-34-25-10-8-7-9-24(25)29(37(32,33)22-14-12-21(36-4)13-15-22)18-26(30)28-23-16-11-20(17-19(23)3)27(31)35-6-2/h7-17H,5-6,18H2,1-4H3,(H,28,30). The van der Waals surface area contributed by atoms with E-state index in [1.54, 1.807) is 75.4 Å². The van der Waals surface area contributed by atoms with E-state index in [1.807, 2.05) is 6.26 Å². The van der Waals surface area contributed by atoms with Crippen molar-refractivity contribution < 1.29 is 27.5 Å². The van der Waals surface area contributed by atoms with Crippen molar-refractivity contribution in [3.8, 4) is 5.75 Å². The molecule has 0 aliphatic rings. The Balaban J connectivity index is 1.95. The first-order valence-corrected chi connectivity index (χ1v) is 14.3. The smallest absolute Gasteiger partial charge is 0.338 e. The van der Waals surface area contributed by atoms with Crippen LogP contribution in [0.5, 0.6) is 5.75 Å². The number of carbonyl (C=O) groups excluding carboxylic acids is 2. The Morgan fingerprint density at radius 2 is 1.68 bits per heavy atom. The van der Waals surface area contributed by atoms with Gasteiger partial charge in [0.15, 0.2) is 0 Å². The van der Waals surface area contributed by atoms with Crippen molar-refractivity contribution in [2.75, 3.05) is 35.6 Å². The molecule has 10 heteroatoms. The zero-order valence-electron chi connectivity index (χ0n) is 21.2. The van der Waals surface area contributed by atoms with Gasteiger partial charge < -0.3 is 14.8 Å². The zero-order chi connectivity index (χ0) is 27.0. The number of anilines is 2. The van der Waals surface area contributed by atoms with Gasteiger partial charge in [0.05, 0.1) is 29.4 Å². The molecular formula is C27H30N2O6S2. The number of thioether (sulfide) groups is 1. The van der Waals surface area contributed by atoms with Crippen LogP contribution in [-0.2, 0) is 19.6 Å². The number of aryl methyl sites for hydroxylation is 1. The van der Waals surface area contributed by atoms with Gasteiger partial charge in [-0.15, -0.1) is 11.8 Å². The fourth-order valence-electron chi connectivity index (χ4n) is 3.58. The molecule has 0 saturated heterocycles. The predicted octanol–water partition coefficient (Wildman–Crippen LogP) is 5.13. The molecule has 0 saturated carbocycles. The predicted molar refractivity (Wildman–Crippen MR) is 146 cm³/mol. The maximum atomic E-state index is 13.8. The van der Waals surface area contributed by atoms with Gasteiger partial charge in [-0.05, 0) is 87.2 Å². The van der Waals surface area contributed by atoms with E-state index in [9.17, 15) is 18.0 Å². The second-order valence-corrected chi connectivity index (χ2v) is 10.6.